The zero-order valence-electron chi connectivity index (χ0n) is 9.77. The summed E-state index contributed by atoms with van der Waals surface area (Å²) in [7, 11) is 0. The molecular weight excluding hydrogens is 250 g/mol. The lowest BCUT2D eigenvalue weighted by Crippen LogP contribution is -2.30. The van der Waals surface area contributed by atoms with Gasteiger partial charge in [0.05, 0.1) is 6.04 Å². The summed E-state index contributed by atoms with van der Waals surface area (Å²) in [6.45, 7) is 3.29. The van der Waals surface area contributed by atoms with Crippen LogP contribution in [0.1, 0.15) is 27.6 Å². The van der Waals surface area contributed by atoms with Crippen molar-refractivity contribution >= 4 is 23.7 Å². The Morgan fingerprint density at radius 3 is 2.76 bits per heavy atom. The molecule has 0 amide bonds. The van der Waals surface area contributed by atoms with Gasteiger partial charge in [-0.15, -0.1) is 23.7 Å². The fourth-order valence-electron chi connectivity index (χ4n) is 2.48. The molecule has 1 aliphatic heterocycles. The molecule has 17 heavy (non-hydrogen) atoms. The number of nitrogens with one attached hydrogen (secondary N) is 1. The molecule has 2 heterocycles. The molecule has 1 atom stereocenters. The van der Waals surface area contributed by atoms with Crippen LogP contribution in [0.3, 0.4) is 0 Å². The summed E-state index contributed by atoms with van der Waals surface area (Å²) < 4.78 is 0. The van der Waals surface area contributed by atoms with Crippen molar-refractivity contribution < 1.29 is 0 Å². The van der Waals surface area contributed by atoms with Crippen LogP contribution in [0.5, 0.6) is 0 Å². The van der Waals surface area contributed by atoms with Gasteiger partial charge >= 0.3 is 0 Å². The third-order valence-electron chi connectivity index (χ3n) is 3.32. The summed E-state index contributed by atoms with van der Waals surface area (Å²) >= 11 is 1.83. The smallest absolute Gasteiger partial charge is 0.0590 e. The lowest BCUT2D eigenvalue weighted by Gasteiger charge is -2.27. The van der Waals surface area contributed by atoms with Gasteiger partial charge in [0.15, 0.2) is 0 Å². The van der Waals surface area contributed by atoms with E-state index in [-0.39, 0.29) is 12.4 Å². The van der Waals surface area contributed by atoms with E-state index in [1.165, 1.54) is 21.6 Å². The molecule has 0 aliphatic carbocycles. The number of halogens is 1. The molecule has 3 heteroatoms. The van der Waals surface area contributed by atoms with E-state index in [1.807, 2.05) is 11.3 Å². The van der Waals surface area contributed by atoms with Crippen molar-refractivity contribution in [2.45, 2.75) is 19.4 Å². The largest absolute Gasteiger partial charge is 0.306 e. The molecule has 0 saturated carbocycles. The summed E-state index contributed by atoms with van der Waals surface area (Å²) in [5, 5.41) is 5.81. The van der Waals surface area contributed by atoms with E-state index >= 15 is 0 Å². The molecule has 2 aromatic rings. The van der Waals surface area contributed by atoms with E-state index in [1.54, 1.807) is 0 Å². The van der Waals surface area contributed by atoms with Crippen LogP contribution in [0.2, 0.25) is 0 Å². The van der Waals surface area contributed by atoms with Crippen LogP contribution in [0.4, 0.5) is 0 Å². The maximum absolute atomic E-state index is 3.63. The van der Waals surface area contributed by atoms with Crippen molar-refractivity contribution in [3.63, 3.8) is 0 Å². The molecule has 1 N–H and O–H groups in total. The van der Waals surface area contributed by atoms with Crippen LogP contribution >= 0.6 is 23.7 Å². The van der Waals surface area contributed by atoms with E-state index < -0.39 is 0 Å². The zero-order chi connectivity index (χ0) is 11.0. The molecule has 1 aliphatic rings. The van der Waals surface area contributed by atoms with Crippen molar-refractivity contribution in [2.24, 2.45) is 0 Å². The average Bonchev–Trinajstić information content (AvgIpc) is 2.75. The van der Waals surface area contributed by atoms with Crippen LogP contribution in [0.25, 0.3) is 0 Å². The second-order valence-corrected chi connectivity index (χ2v) is 5.39. The fraction of sp³-hybridized carbons (Fsp3) is 0.286. The van der Waals surface area contributed by atoms with Gasteiger partial charge in [0, 0.05) is 11.4 Å². The minimum absolute atomic E-state index is 0. The molecule has 1 aromatic heterocycles. The summed E-state index contributed by atoms with van der Waals surface area (Å²) in [6, 6.07) is 11.4. The van der Waals surface area contributed by atoms with Gasteiger partial charge in [-0.2, -0.15) is 0 Å². The quantitative estimate of drug-likeness (QED) is 0.829. The Labute approximate surface area is 112 Å². The van der Waals surface area contributed by atoms with E-state index in [2.05, 4.69) is 48.0 Å². The molecular formula is C14H16ClNS. The first-order chi connectivity index (χ1) is 7.86. The Balaban J connectivity index is 0.00000108. The Hall–Kier alpha value is -0.830. The average molecular weight is 266 g/mol. The number of aryl methyl sites for hydroxylation is 1. The number of thiophene rings is 1. The van der Waals surface area contributed by atoms with Crippen LogP contribution in [0, 0.1) is 6.92 Å². The van der Waals surface area contributed by atoms with Gasteiger partial charge in [0.1, 0.15) is 0 Å². The van der Waals surface area contributed by atoms with Crippen molar-refractivity contribution in [1.29, 1.82) is 0 Å². The zero-order valence-corrected chi connectivity index (χ0v) is 11.4. The number of hydrogen-bond donors (Lipinski definition) is 1. The van der Waals surface area contributed by atoms with Gasteiger partial charge in [-0.3, -0.25) is 0 Å². The summed E-state index contributed by atoms with van der Waals surface area (Å²) in [6.07, 6.45) is 1.15. The predicted octanol–water partition coefficient (Wildman–Crippen LogP) is 3.71. The van der Waals surface area contributed by atoms with Gasteiger partial charge in [0.25, 0.3) is 0 Å². The van der Waals surface area contributed by atoms with Gasteiger partial charge < -0.3 is 5.32 Å². The van der Waals surface area contributed by atoms with Crippen LogP contribution in [-0.4, -0.2) is 6.54 Å². The summed E-state index contributed by atoms with van der Waals surface area (Å²) in [4.78, 5) is 1.43. The third-order valence-corrected chi connectivity index (χ3v) is 4.18. The monoisotopic (exact) mass is 265 g/mol. The van der Waals surface area contributed by atoms with Gasteiger partial charge in [0.2, 0.25) is 0 Å². The Bertz CT molecular complexity index is 506. The number of hydrogen-bond acceptors (Lipinski definition) is 2. The molecule has 0 saturated heterocycles. The van der Waals surface area contributed by atoms with Crippen LogP contribution in [0.15, 0.2) is 35.7 Å². The molecule has 90 valence electrons. The highest BCUT2D eigenvalue weighted by Crippen LogP contribution is 2.32. The highest BCUT2D eigenvalue weighted by atomic mass is 35.5. The Morgan fingerprint density at radius 2 is 2.00 bits per heavy atom. The minimum Gasteiger partial charge on any atom is -0.306 e. The van der Waals surface area contributed by atoms with Gasteiger partial charge in [-0.1, -0.05) is 24.3 Å². The van der Waals surface area contributed by atoms with Crippen LogP contribution < -0.4 is 5.32 Å². The number of rotatable bonds is 1. The lowest BCUT2D eigenvalue weighted by atomic mass is 9.90. The van der Waals surface area contributed by atoms with E-state index in [9.17, 15) is 0 Å². The highest BCUT2D eigenvalue weighted by molar-refractivity contribution is 7.10. The molecule has 0 spiro atoms. The van der Waals surface area contributed by atoms with E-state index in [0.29, 0.717) is 6.04 Å². The number of benzene rings is 1. The Kier molecular flexibility index (Phi) is 3.87. The maximum atomic E-state index is 3.63. The first-order valence-corrected chi connectivity index (χ1v) is 6.59. The standard InChI is InChI=1S/C14H15NS.ClH/c1-10-12(7-9-16-10)14-13-5-3-2-4-11(13)6-8-15-14;/h2-5,7,9,14-15H,6,8H2,1H3;1H/t14-;/m0./s1. The second kappa shape index (κ2) is 5.21. The van der Waals surface area contributed by atoms with Gasteiger partial charge in [-0.25, -0.2) is 0 Å². The minimum atomic E-state index is 0. The van der Waals surface area contributed by atoms with Gasteiger partial charge in [-0.05, 0) is 41.5 Å². The molecule has 0 unspecified atom stereocenters. The van der Waals surface area contributed by atoms with Crippen molar-refractivity contribution in [1.82, 2.24) is 5.32 Å². The maximum Gasteiger partial charge on any atom is 0.0590 e. The molecule has 0 fully saturated rings. The highest BCUT2D eigenvalue weighted by Gasteiger charge is 2.22. The molecule has 1 aromatic carbocycles. The molecule has 0 radical (unpaired) electrons. The first kappa shape index (κ1) is 12.6. The fourth-order valence-corrected chi connectivity index (χ4v) is 3.22. The Morgan fingerprint density at radius 1 is 1.18 bits per heavy atom. The molecule has 1 nitrogen and oxygen atoms in total. The lowest BCUT2D eigenvalue weighted by molar-refractivity contribution is 0.567. The SMILES string of the molecule is Cc1sccc1[C@@H]1NCCc2ccccc21.Cl. The third kappa shape index (κ3) is 2.25. The topological polar surface area (TPSA) is 12.0 Å². The summed E-state index contributed by atoms with van der Waals surface area (Å²) in [5.41, 5.74) is 4.39. The van der Waals surface area contributed by atoms with E-state index in [0.717, 1.165) is 13.0 Å². The van der Waals surface area contributed by atoms with E-state index in [4.69, 9.17) is 0 Å². The molecule has 0 bridgehead atoms. The van der Waals surface area contributed by atoms with Crippen molar-refractivity contribution in [3.05, 3.63) is 57.3 Å². The summed E-state index contributed by atoms with van der Waals surface area (Å²) in [5.74, 6) is 0. The molecule has 3 rings (SSSR count). The van der Waals surface area contributed by atoms with Crippen LogP contribution in [-0.2, 0) is 6.42 Å². The normalized spacial score (nSPS) is 18.3. The number of fused-ring (bicyclic) bond motifs is 1. The van der Waals surface area contributed by atoms with Crippen molar-refractivity contribution in [2.75, 3.05) is 6.54 Å². The first-order valence-electron chi connectivity index (χ1n) is 5.71. The van der Waals surface area contributed by atoms with Crippen molar-refractivity contribution in [3.8, 4) is 0 Å². The second-order valence-electron chi connectivity index (χ2n) is 4.27. The predicted molar refractivity (Wildman–Crippen MR) is 76.3 cm³/mol.